The molecular weight excluding hydrogens is 304 g/mol. The van der Waals surface area contributed by atoms with Gasteiger partial charge in [0.2, 0.25) is 10.0 Å². The summed E-state index contributed by atoms with van der Waals surface area (Å²) in [5.74, 6) is 0. The van der Waals surface area contributed by atoms with Crippen molar-refractivity contribution in [2.45, 2.75) is 17.1 Å². The van der Waals surface area contributed by atoms with Crippen molar-refractivity contribution in [3.8, 4) is 0 Å². The summed E-state index contributed by atoms with van der Waals surface area (Å²) >= 11 is 6.22. The first-order valence-electron chi connectivity index (χ1n) is 4.92. The van der Waals surface area contributed by atoms with Gasteiger partial charge in [-0.25, -0.2) is 13.1 Å². The maximum absolute atomic E-state index is 11.7. The second kappa shape index (κ2) is 6.43. The van der Waals surface area contributed by atoms with E-state index in [1.165, 1.54) is 0 Å². The van der Waals surface area contributed by atoms with Crippen molar-refractivity contribution in [1.29, 1.82) is 0 Å². The van der Waals surface area contributed by atoms with Crippen molar-refractivity contribution in [3.63, 3.8) is 0 Å². The summed E-state index contributed by atoms with van der Waals surface area (Å²) in [7, 11) is -3.78. The van der Waals surface area contributed by atoms with Crippen molar-refractivity contribution in [2.75, 3.05) is 13.2 Å². The normalized spacial score (nSPS) is 11.7. The molecule has 0 aliphatic carbocycles. The number of aliphatic hydroxyl groups excluding tert-OH is 1. The van der Waals surface area contributed by atoms with E-state index in [2.05, 4.69) is 4.72 Å². The second-order valence-electron chi connectivity index (χ2n) is 3.31. The molecule has 1 rings (SSSR count). The SMILES string of the molecule is O=[N+]([O-])c1cc(S(=O)(=O)NCCCCO)sc1Cl. The van der Waals surface area contributed by atoms with Gasteiger partial charge in [0, 0.05) is 19.2 Å². The number of halogens is 1. The zero-order valence-electron chi connectivity index (χ0n) is 9.13. The number of hydrogen-bond donors (Lipinski definition) is 2. The Morgan fingerprint density at radius 3 is 2.67 bits per heavy atom. The molecule has 7 nitrogen and oxygen atoms in total. The van der Waals surface area contributed by atoms with Crippen LogP contribution in [0.4, 0.5) is 5.69 Å². The van der Waals surface area contributed by atoms with Crippen LogP contribution in [0.15, 0.2) is 10.3 Å². The molecule has 0 amide bonds. The number of rotatable bonds is 7. The Bertz CT molecular complexity index is 528. The van der Waals surface area contributed by atoms with E-state index in [0.717, 1.165) is 6.07 Å². The third-order valence-corrected chi connectivity index (χ3v) is 5.26. The van der Waals surface area contributed by atoms with Gasteiger partial charge >= 0.3 is 0 Å². The molecule has 0 aromatic carbocycles. The number of unbranched alkanes of at least 4 members (excludes halogenated alkanes) is 1. The fourth-order valence-electron chi connectivity index (χ4n) is 1.11. The van der Waals surface area contributed by atoms with Crippen LogP contribution in [0.1, 0.15) is 12.8 Å². The number of sulfonamides is 1. The van der Waals surface area contributed by atoms with Crippen LogP contribution in [-0.4, -0.2) is 31.6 Å². The third-order valence-electron chi connectivity index (χ3n) is 1.98. The molecule has 0 aliphatic heterocycles. The van der Waals surface area contributed by atoms with Gasteiger partial charge in [0.25, 0.3) is 5.69 Å². The van der Waals surface area contributed by atoms with E-state index >= 15 is 0 Å². The number of nitrogens with one attached hydrogen (secondary N) is 1. The van der Waals surface area contributed by atoms with Gasteiger partial charge in [0.1, 0.15) is 4.21 Å². The lowest BCUT2D eigenvalue weighted by atomic mass is 10.3. The van der Waals surface area contributed by atoms with Gasteiger partial charge in [-0.1, -0.05) is 11.6 Å². The van der Waals surface area contributed by atoms with Gasteiger partial charge in [-0.3, -0.25) is 10.1 Å². The maximum atomic E-state index is 11.7. The Morgan fingerprint density at radius 2 is 2.17 bits per heavy atom. The van der Waals surface area contributed by atoms with Gasteiger partial charge < -0.3 is 5.11 Å². The lowest BCUT2D eigenvalue weighted by molar-refractivity contribution is -0.384. The van der Waals surface area contributed by atoms with Crippen molar-refractivity contribution in [1.82, 2.24) is 4.72 Å². The van der Waals surface area contributed by atoms with Gasteiger partial charge in [-0.2, -0.15) is 0 Å². The molecular formula is C8H11ClN2O5S2. The van der Waals surface area contributed by atoms with Crippen molar-refractivity contribution in [2.24, 2.45) is 0 Å². The molecule has 1 aromatic rings. The molecule has 1 aromatic heterocycles. The van der Waals surface area contributed by atoms with Crippen molar-refractivity contribution < 1.29 is 18.4 Å². The van der Waals surface area contributed by atoms with E-state index in [-0.39, 0.29) is 21.7 Å². The summed E-state index contributed by atoms with van der Waals surface area (Å²) in [4.78, 5) is 9.81. The molecule has 0 bridgehead atoms. The Balaban J connectivity index is 2.79. The van der Waals surface area contributed by atoms with E-state index in [1.807, 2.05) is 0 Å². The number of hydrogen-bond acceptors (Lipinski definition) is 6. The van der Waals surface area contributed by atoms with Crippen LogP contribution in [-0.2, 0) is 10.0 Å². The highest BCUT2D eigenvalue weighted by molar-refractivity contribution is 7.91. The van der Waals surface area contributed by atoms with E-state index in [1.54, 1.807) is 0 Å². The summed E-state index contributed by atoms with van der Waals surface area (Å²) in [5.41, 5.74) is -0.419. The molecule has 102 valence electrons. The largest absolute Gasteiger partial charge is 0.396 e. The summed E-state index contributed by atoms with van der Waals surface area (Å²) in [6.45, 7) is 0.143. The smallest absolute Gasteiger partial charge is 0.300 e. The Morgan fingerprint density at radius 1 is 1.50 bits per heavy atom. The third kappa shape index (κ3) is 3.89. The zero-order valence-corrected chi connectivity index (χ0v) is 11.5. The minimum Gasteiger partial charge on any atom is -0.396 e. The minimum absolute atomic E-state index is 0.0158. The quantitative estimate of drug-likeness (QED) is 0.448. The van der Waals surface area contributed by atoms with Gasteiger partial charge in [-0.05, 0) is 12.8 Å². The molecule has 0 fully saturated rings. The molecule has 0 radical (unpaired) electrons. The van der Waals surface area contributed by atoms with Crippen LogP contribution in [0, 0.1) is 10.1 Å². The highest BCUT2D eigenvalue weighted by Crippen LogP contribution is 2.35. The average Bonchev–Trinajstić information content (AvgIpc) is 2.68. The lowest BCUT2D eigenvalue weighted by Crippen LogP contribution is -2.24. The van der Waals surface area contributed by atoms with Gasteiger partial charge in [-0.15, -0.1) is 11.3 Å². The van der Waals surface area contributed by atoms with E-state index in [9.17, 15) is 18.5 Å². The number of aliphatic hydroxyl groups is 1. The molecule has 0 unspecified atom stereocenters. The fourth-order valence-corrected chi connectivity index (χ4v) is 3.89. The summed E-state index contributed by atoms with van der Waals surface area (Å²) < 4.78 is 25.4. The first-order valence-corrected chi connectivity index (χ1v) is 7.60. The molecule has 0 saturated carbocycles. The predicted octanol–water partition coefficient (Wildman–Crippen LogP) is 1.36. The molecule has 10 heteroatoms. The molecule has 18 heavy (non-hydrogen) atoms. The molecule has 1 heterocycles. The molecule has 0 aliphatic rings. The van der Waals surface area contributed by atoms with Crippen LogP contribution in [0.2, 0.25) is 4.34 Å². The Hall–Kier alpha value is -0.740. The molecule has 0 saturated heterocycles. The highest BCUT2D eigenvalue weighted by atomic mass is 35.5. The van der Waals surface area contributed by atoms with Crippen molar-refractivity contribution in [3.05, 3.63) is 20.5 Å². The van der Waals surface area contributed by atoms with Gasteiger partial charge in [0.05, 0.1) is 4.92 Å². The van der Waals surface area contributed by atoms with Crippen LogP contribution in [0.25, 0.3) is 0 Å². The Kier molecular flexibility index (Phi) is 5.47. The number of nitrogens with zero attached hydrogens (tertiary/aromatic N) is 1. The van der Waals surface area contributed by atoms with E-state index in [0.29, 0.717) is 24.2 Å². The topological polar surface area (TPSA) is 110 Å². The Labute approximate surface area is 113 Å². The van der Waals surface area contributed by atoms with Crippen LogP contribution >= 0.6 is 22.9 Å². The van der Waals surface area contributed by atoms with E-state index in [4.69, 9.17) is 16.7 Å². The van der Waals surface area contributed by atoms with Crippen LogP contribution < -0.4 is 4.72 Å². The van der Waals surface area contributed by atoms with Gasteiger partial charge in [0.15, 0.2) is 4.34 Å². The van der Waals surface area contributed by atoms with Crippen LogP contribution in [0.5, 0.6) is 0 Å². The number of thiophene rings is 1. The first kappa shape index (κ1) is 15.3. The first-order chi connectivity index (χ1) is 8.38. The molecule has 2 N–H and O–H groups in total. The minimum atomic E-state index is -3.78. The van der Waals surface area contributed by atoms with Crippen LogP contribution in [0.3, 0.4) is 0 Å². The second-order valence-corrected chi connectivity index (χ2v) is 6.96. The standard InChI is InChI=1S/C8H11ClN2O5S2/c9-8-6(11(13)14)5-7(17-8)18(15,16)10-3-1-2-4-12/h5,10,12H,1-4H2. The number of nitro groups is 1. The van der Waals surface area contributed by atoms with E-state index < -0.39 is 20.6 Å². The lowest BCUT2D eigenvalue weighted by Gasteiger charge is -2.02. The maximum Gasteiger partial charge on any atom is 0.300 e. The zero-order chi connectivity index (χ0) is 13.8. The summed E-state index contributed by atoms with van der Waals surface area (Å²) in [6, 6.07) is 0.932. The summed E-state index contributed by atoms with van der Waals surface area (Å²) in [5, 5.41) is 19.1. The fraction of sp³-hybridized carbons (Fsp3) is 0.500. The highest BCUT2D eigenvalue weighted by Gasteiger charge is 2.24. The predicted molar refractivity (Wildman–Crippen MR) is 67.5 cm³/mol. The molecule has 0 spiro atoms. The van der Waals surface area contributed by atoms with Crippen molar-refractivity contribution >= 4 is 38.6 Å². The summed E-state index contributed by atoms with van der Waals surface area (Å²) in [6.07, 6.45) is 0.963. The molecule has 0 atom stereocenters. The average molecular weight is 315 g/mol. The monoisotopic (exact) mass is 314 g/mol.